The van der Waals surface area contributed by atoms with Gasteiger partial charge in [-0.2, -0.15) is 0 Å². The Kier molecular flexibility index (Phi) is 8.04. The van der Waals surface area contributed by atoms with Gasteiger partial charge in [-0.15, -0.1) is 0 Å². The molecule has 0 aliphatic carbocycles. The molecule has 2 aromatic carbocycles. The average Bonchev–Trinajstić information content (AvgIpc) is 2.64. The average molecular weight is 440 g/mol. The second-order valence-electron chi connectivity index (χ2n) is 6.01. The Labute approximate surface area is 178 Å². The third kappa shape index (κ3) is 6.99. The number of hydrogen-bond acceptors (Lipinski definition) is 4. The monoisotopic (exact) mass is 439 g/mol. The van der Waals surface area contributed by atoms with Crippen molar-refractivity contribution in [3.8, 4) is 5.75 Å². The number of hydrogen-bond donors (Lipinski definition) is 3. The van der Waals surface area contributed by atoms with Gasteiger partial charge in [-0.05, 0) is 67.0 Å². The highest BCUT2D eigenvalue weighted by Crippen LogP contribution is 2.25. The van der Waals surface area contributed by atoms with Crippen molar-refractivity contribution in [1.29, 1.82) is 0 Å². The van der Waals surface area contributed by atoms with Gasteiger partial charge in [0, 0.05) is 10.0 Å². The third-order valence-electron chi connectivity index (χ3n) is 3.63. The summed E-state index contributed by atoms with van der Waals surface area (Å²) in [4.78, 5) is 23.8. The molecule has 0 atom stereocenters. The van der Waals surface area contributed by atoms with E-state index >= 15 is 0 Å². The van der Waals surface area contributed by atoms with E-state index in [9.17, 15) is 9.59 Å². The summed E-state index contributed by atoms with van der Waals surface area (Å²) in [6, 6.07) is 10.4. The van der Waals surface area contributed by atoms with Crippen LogP contribution in [0.1, 0.15) is 16.7 Å². The van der Waals surface area contributed by atoms with Gasteiger partial charge in [0.05, 0.1) is 6.42 Å². The fourth-order valence-electron chi connectivity index (χ4n) is 2.29. The van der Waals surface area contributed by atoms with Crippen LogP contribution in [0.3, 0.4) is 0 Å². The molecule has 0 saturated heterocycles. The Morgan fingerprint density at radius 1 is 1.00 bits per heavy atom. The maximum Gasteiger partial charge on any atom is 0.276 e. The topological polar surface area (TPSA) is 79.5 Å². The zero-order valence-electron chi connectivity index (χ0n) is 15.3. The molecule has 3 N–H and O–H groups in total. The molecule has 0 aliphatic rings. The van der Waals surface area contributed by atoms with Gasteiger partial charge in [-0.3, -0.25) is 20.4 Å². The van der Waals surface area contributed by atoms with E-state index in [1.165, 1.54) is 0 Å². The summed E-state index contributed by atoms with van der Waals surface area (Å²) in [6.07, 6.45) is 0.130. The minimum atomic E-state index is -0.459. The van der Waals surface area contributed by atoms with Gasteiger partial charge in [0.15, 0.2) is 11.7 Å². The van der Waals surface area contributed by atoms with E-state index in [-0.39, 0.29) is 24.0 Å². The Balaban J connectivity index is 1.72. The summed E-state index contributed by atoms with van der Waals surface area (Å²) in [5, 5.41) is 3.71. The van der Waals surface area contributed by atoms with Crippen LogP contribution >= 0.6 is 35.4 Å². The Hall–Kier alpha value is -2.35. The maximum atomic E-state index is 11.9. The summed E-state index contributed by atoms with van der Waals surface area (Å²) in [5.74, 6) is -0.245. The predicted octanol–water partition coefficient (Wildman–Crippen LogP) is 3.25. The van der Waals surface area contributed by atoms with Crippen molar-refractivity contribution in [3.05, 3.63) is 63.1 Å². The lowest BCUT2D eigenvalue weighted by molar-refractivity contribution is -0.124. The number of nitrogens with one attached hydrogen (secondary N) is 3. The summed E-state index contributed by atoms with van der Waals surface area (Å²) in [6.45, 7) is 3.48. The van der Waals surface area contributed by atoms with Gasteiger partial charge in [0.1, 0.15) is 5.75 Å². The first-order valence-corrected chi connectivity index (χ1v) is 9.43. The number of thiocarbonyl (C=S) groups is 1. The summed E-state index contributed by atoms with van der Waals surface area (Å²) < 4.78 is 5.43. The van der Waals surface area contributed by atoms with Crippen molar-refractivity contribution in [2.75, 3.05) is 6.61 Å². The van der Waals surface area contributed by atoms with Crippen molar-refractivity contribution in [2.24, 2.45) is 0 Å². The first-order valence-electron chi connectivity index (χ1n) is 8.27. The molecule has 2 aromatic rings. The van der Waals surface area contributed by atoms with Crippen LogP contribution in [0.2, 0.25) is 10.0 Å². The molecule has 0 heterocycles. The van der Waals surface area contributed by atoms with Crippen LogP contribution in [-0.4, -0.2) is 23.5 Å². The van der Waals surface area contributed by atoms with Crippen LogP contribution in [0, 0.1) is 13.8 Å². The van der Waals surface area contributed by atoms with Crippen LogP contribution in [-0.2, 0) is 16.0 Å². The summed E-state index contributed by atoms with van der Waals surface area (Å²) in [7, 11) is 0. The molecule has 0 aromatic heterocycles. The first-order chi connectivity index (χ1) is 13.2. The molecule has 0 bridgehead atoms. The molecule has 0 saturated carbocycles. The number of amides is 2. The molecule has 2 rings (SSSR count). The Morgan fingerprint density at radius 2 is 1.61 bits per heavy atom. The normalized spacial score (nSPS) is 10.1. The van der Waals surface area contributed by atoms with Gasteiger partial charge < -0.3 is 10.1 Å². The fourth-order valence-corrected chi connectivity index (χ4v) is 2.69. The molecular formula is C19H19Cl2N3O3S. The minimum absolute atomic E-state index is 0.0227. The summed E-state index contributed by atoms with van der Waals surface area (Å²) >= 11 is 16.9. The number of aryl methyl sites for hydroxylation is 2. The predicted molar refractivity (Wildman–Crippen MR) is 114 cm³/mol. The highest BCUT2D eigenvalue weighted by atomic mass is 35.5. The van der Waals surface area contributed by atoms with E-state index < -0.39 is 5.91 Å². The molecule has 0 fully saturated rings. The number of benzene rings is 2. The van der Waals surface area contributed by atoms with Gasteiger partial charge in [-0.1, -0.05) is 35.3 Å². The van der Waals surface area contributed by atoms with Crippen LogP contribution in [0.4, 0.5) is 0 Å². The fraction of sp³-hybridized carbons (Fsp3) is 0.211. The number of carbonyl (C=O) groups is 2. The molecule has 0 spiro atoms. The van der Waals surface area contributed by atoms with E-state index in [2.05, 4.69) is 16.2 Å². The number of ether oxygens (including phenoxy) is 1. The van der Waals surface area contributed by atoms with Gasteiger partial charge in [0.2, 0.25) is 5.91 Å². The second-order valence-corrected chi connectivity index (χ2v) is 7.24. The van der Waals surface area contributed by atoms with E-state index in [0.717, 1.165) is 16.7 Å². The van der Waals surface area contributed by atoms with Crippen molar-refractivity contribution in [3.63, 3.8) is 0 Å². The highest BCUT2D eigenvalue weighted by molar-refractivity contribution is 7.80. The number of rotatable bonds is 5. The van der Waals surface area contributed by atoms with Crippen LogP contribution in [0.5, 0.6) is 5.75 Å². The molecule has 6 nitrogen and oxygen atoms in total. The molecule has 28 heavy (non-hydrogen) atoms. The van der Waals surface area contributed by atoms with Crippen LogP contribution in [0.15, 0.2) is 36.4 Å². The number of halogens is 2. The van der Waals surface area contributed by atoms with E-state index in [4.69, 9.17) is 40.2 Å². The van der Waals surface area contributed by atoms with E-state index in [0.29, 0.717) is 15.8 Å². The quantitative estimate of drug-likeness (QED) is 0.492. The van der Waals surface area contributed by atoms with Crippen LogP contribution < -0.4 is 20.9 Å². The summed E-state index contributed by atoms with van der Waals surface area (Å²) in [5.41, 5.74) is 7.32. The Bertz CT molecular complexity index is 865. The molecule has 9 heteroatoms. The van der Waals surface area contributed by atoms with Crippen LogP contribution in [0.25, 0.3) is 0 Å². The van der Waals surface area contributed by atoms with E-state index in [1.807, 2.05) is 13.8 Å². The minimum Gasteiger partial charge on any atom is -0.484 e. The van der Waals surface area contributed by atoms with Crippen molar-refractivity contribution in [1.82, 2.24) is 16.2 Å². The van der Waals surface area contributed by atoms with Crippen molar-refractivity contribution in [2.45, 2.75) is 20.3 Å². The molecular weight excluding hydrogens is 421 g/mol. The molecule has 0 radical (unpaired) electrons. The van der Waals surface area contributed by atoms with Gasteiger partial charge in [0.25, 0.3) is 5.91 Å². The lowest BCUT2D eigenvalue weighted by atomic mass is 10.1. The van der Waals surface area contributed by atoms with Gasteiger partial charge in [-0.25, -0.2) is 0 Å². The lowest BCUT2D eigenvalue weighted by Gasteiger charge is -2.12. The molecule has 2 amide bonds. The maximum absolute atomic E-state index is 11.9. The zero-order valence-corrected chi connectivity index (χ0v) is 17.6. The Morgan fingerprint density at radius 3 is 2.21 bits per heavy atom. The zero-order chi connectivity index (χ0) is 20.7. The highest BCUT2D eigenvalue weighted by Gasteiger charge is 2.09. The van der Waals surface area contributed by atoms with E-state index in [1.54, 1.807) is 36.4 Å². The molecule has 0 aliphatic heterocycles. The van der Waals surface area contributed by atoms with Crippen molar-refractivity contribution >= 4 is 52.3 Å². The SMILES string of the molecule is Cc1cc(OCC(=O)NNC(=S)NC(=O)Cc2ccc(Cl)cc2)cc(C)c1Cl. The standard InChI is InChI=1S/C19H19Cl2N3O3S/c1-11-7-15(8-12(2)18(11)21)27-10-17(26)23-24-19(28)22-16(25)9-13-3-5-14(20)6-4-13/h3-8H,9-10H2,1-2H3,(H,23,26)(H2,22,24,25,28). The van der Waals surface area contributed by atoms with Gasteiger partial charge >= 0.3 is 0 Å². The molecule has 148 valence electrons. The molecule has 0 unspecified atom stereocenters. The largest absolute Gasteiger partial charge is 0.484 e. The smallest absolute Gasteiger partial charge is 0.276 e. The number of carbonyl (C=O) groups excluding carboxylic acids is 2. The lowest BCUT2D eigenvalue weighted by Crippen LogP contribution is -2.49. The first kappa shape index (κ1) is 21.9. The van der Waals surface area contributed by atoms with Crippen molar-refractivity contribution < 1.29 is 14.3 Å². The second kappa shape index (κ2) is 10.3. The third-order valence-corrected chi connectivity index (χ3v) is 4.68. The number of hydrazine groups is 1.